The molecule has 7 nitrogen and oxygen atoms in total. The van der Waals surface area contributed by atoms with Crippen LogP contribution in [-0.4, -0.2) is 38.2 Å². The van der Waals surface area contributed by atoms with E-state index in [9.17, 15) is 4.79 Å². The quantitative estimate of drug-likeness (QED) is 0.912. The second kappa shape index (κ2) is 6.49. The van der Waals surface area contributed by atoms with Crippen molar-refractivity contribution in [3.05, 3.63) is 41.5 Å². The summed E-state index contributed by atoms with van der Waals surface area (Å²) < 4.78 is 3.65. The maximum absolute atomic E-state index is 12.1. The Morgan fingerprint density at radius 3 is 2.83 bits per heavy atom. The fourth-order valence-electron chi connectivity index (χ4n) is 3.42. The van der Waals surface area contributed by atoms with Crippen LogP contribution in [-0.2, 0) is 25.4 Å². The number of piperidine rings is 1. The molecule has 0 aromatic carbocycles. The minimum atomic E-state index is -0.0436. The topological polar surface area (TPSA) is 78.9 Å². The molecule has 0 radical (unpaired) electrons. The van der Waals surface area contributed by atoms with Crippen molar-refractivity contribution in [3.63, 3.8) is 0 Å². The molecular weight excluding hydrogens is 304 g/mol. The van der Waals surface area contributed by atoms with Gasteiger partial charge >= 0.3 is 0 Å². The summed E-state index contributed by atoms with van der Waals surface area (Å²) in [6, 6.07) is 6.13. The van der Waals surface area contributed by atoms with E-state index in [0.29, 0.717) is 18.7 Å². The van der Waals surface area contributed by atoms with E-state index in [1.165, 1.54) is 0 Å². The van der Waals surface area contributed by atoms with Gasteiger partial charge in [0.2, 0.25) is 5.91 Å². The number of likely N-dealkylation sites (tertiary alicyclic amines) is 1. The minimum absolute atomic E-state index is 0.0436. The molecule has 1 aliphatic rings. The first-order chi connectivity index (χ1) is 11.5. The zero-order valence-electron chi connectivity index (χ0n) is 14.2. The minimum Gasteiger partial charge on any atom is -0.342 e. The first kappa shape index (κ1) is 16.3. The van der Waals surface area contributed by atoms with Gasteiger partial charge in [-0.3, -0.25) is 9.48 Å². The van der Waals surface area contributed by atoms with Gasteiger partial charge in [-0.1, -0.05) is 0 Å². The van der Waals surface area contributed by atoms with Crippen LogP contribution in [0.4, 0.5) is 0 Å². The summed E-state index contributed by atoms with van der Waals surface area (Å²) >= 11 is 0. The maximum Gasteiger partial charge on any atom is 0.222 e. The Bertz CT molecular complexity index is 783. The molecule has 1 N–H and O–H groups in total. The van der Waals surface area contributed by atoms with Crippen molar-refractivity contribution in [3.8, 4) is 6.07 Å². The third kappa shape index (κ3) is 2.93. The normalized spacial score (nSPS) is 21.1. The van der Waals surface area contributed by atoms with Crippen molar-refractivity contribution in [2.45, 2.75) is 31.5 Å². The molecule has 0 bridgehead atoms. The van der Waals surface area contributed by atoms with E-state index >= 15 is 0 Å². The summed E-state index contributed by atoms with van der Waals surface area (Å²) in [5.74, 6) is 0.158. The van der Waals surface area contributed by atoms with Crippen molar-refractivity contribution in [2.24, 2.45) is 14.1 Å². The summed E-state index contributed by atoms with van der Waals surface area (Å²) in [6.07, 6.45) is 5.05. The number of likely N-dealkylation sites (N-methyl/N-ethyl adjacent to an activating group) is 1. The number of aryl methyl sites for hydroxylation is 2. The number of carbonyl (C=O) groups is 1. The van der Waals surface area contributed by atoms with Crippen molar-refractivity contribution in [2.75, 3.05) is 7.05 Å². The summed E-state index contributed by atoms with van der Waals surface area (Å²) in [6.45, 7) is 0.663. The lowest BCUT2D eigenvalue weighted by Crippen LogP contribution is -2.49. The number of nitrogens with one attached hydrogen (secondary N) is 1. The fourth-order valence-corrected chi connectivity index (χ4v) is 3.42. The molecule has 1 fully saturated rings. The number of amides is 1. The van der Waals surface area contributed by atoms with Crippen LogP contribution in [0.3, 0.4) is 0 Å². The summed E-state index contributed by atoms with van der Waals surface area (Å²) in [5, 5.41) is 16.9. The highest BCUT2D eigenvalue weighted by Crippen LogP contribution is 2.30. The lowest BCUT2D eigenvalue weighted by molar-refractivity contribution is -0.136. The standard InChI is InChI=1S/C17H22N6O/c1-21-11-12(8-13(21)9-18)10-19-14-4-5-16(24)22(2)17(14)15-6-7-20-23(15)3/h6-8,11,14,17,19H,4-5,10H2,1-3H3/t14-,17-/m1/s1. The van der Waals surface area contributed by atoms with Crippen LogP contribution in [0, 0.1) is 11.3 Å². The average molecular weight is 326 g/mol. The molecular formula is C17H22N6O. The number of nitriles is 1. The molecule has 0 unspecified atom stereocenters. The molecule has 2 atom stereocenters. The van der Waals surface area contributed by atoms with Crippen LogP contribution in [0.25, 0.3) is 0 Å². The third-order valence-electron chi connectivity index (χ3n) is 4.77. The Hall–Kier alpha value is -2.59. The van der Waals surface area contributed by atoms with Crippen LogP contribution in [0.2, 0.25) is 0 Å². The van der Waals surface area contributed by atoms with Gasteiger partial charge in [0.15, 0.2) is 0 Å². The van der Waals surface area contributed by atoms with Gasteiger partial charge in [0, 0.05) is 52.5 Å². The zero-order valence-corrected chi connectivity index (χ0v) is 14.2. The number of aromatic nitrogens is 3. The highest BCUT2D eigenvalue weighted by Gasteiger charge is 2.35. The van der Waals surface area contributed by atoms with Crippen LogP contribution < -0.4 is 5.32 Å². The zero-order chi connectivity index (χ0) is 17.3. The summed E-state index contributed by atoms with van der Waals surface area (Å²) in [7, 11) is 5.62. The number of hydrogen-bond donors (Lipinski definition) is 1. The van der Waals surface area contributed by atoms with Crippen molar-refractivity contribution in [1.29, 1.82) is 5.26 Å². The Balaban J connectivity index is 1.78. The predicted octanol–water partition coefficient (Wildman–Crippen LogP) is 1.08. The largest absolute Gasteiger partial charge is 0.342 e. The lowest BCUT2D eigenvalue weighted by Gasteiger charge is -2.39. The first-order valence-electron chi connectivity index (χ1n) is 8.03. The van der Waals surface area contributed by atoms with Gasteiger partial charge in [-0.15, -0.1) is 0 Å². The first-order valence-corrected chi connectivity index (χ1v) is 8.03. The molecule has 1 amide bonds. The number of rotatable bonds is 4. The van der Waals surface area contributed by atoms with Gasteiger partial charge in [-0.05, 0) is 24.1 Å². The van der Waals surface area contributed by atoms with E-state index in [4.69, 9.17) is 5.26 Å². The predicted molar refractivity (Wildman–Crippen MR) is 88.7 cm³/mol. The number of hydrogen-bond acceptors (Lipinski definition) is 4. The third-order valence-corrected chi connectivity index (χ3v) is 4.77. The number of nitrogens with zero attached hydrogens (tertiary/aromatic N) is 5. The molecule has 2 aromatic heterocycles. The Morgan fingerprint density at radius 2 is 2.21 bits per heavy atom. The van der Waals surface area contributed by atoms with Crippen molar-refractivity contribution in [1.82, 2.24) is 24.6 Å². The van der Waals surface area contributed by atoms with Crippen LogP contribution in [0.1, 0.15) is 35.8 Å². The molecule has 2 aromatic rings. The lowest BCUT2D eigenvalue weighted by atomic mass is 9.93. The van der Waals surface area contributed by atoms with E-state index in [1.54, 1.807) is 6.20 Å². The Labute approximate surface area is 141 Å². The van der Waals surface area contributed by atoms with Crippen LogP contribution in [0.5, 0.6) is 0 Å². The van der Waals surface area contributed by atoms with Gasteiger partial charge in [0.25, 0.3) is 0 Å². The molecule has 1 saturated heterocycles. The summed E-state index contributed by atoms with van der Waals surface area (Å²) in [4.78, 5) is 14.0. The van der Waals surface area contributed by atoms with E-state index in [1.807, 2.05) is 53.6 Å². The van der Waals surface area contributed by atoms with Gasteiger partial charge < -0.3 is 14.8 Å². The molecule has 0 aliphatic carbocycles. The monoisotopic (exact) mass is 326 g/mol. The molecule has 0 spiro atoms. The second-order valence-electron chi connectivity index (χ2n) is 6.31. The van der Waals surface area contributed by atoms with Crippen molar-refractivity contribution < 1.29 is 4.79 Å². The molecule has 7 heteroatoms. The smallest absolute Gasteiger partial charge is 0.222 e. The van der Waals surface area contributed by atoms with Gasteiger partial charge in [-0.2, -0.15) is 10.4 Å². The van der Waals surface area contributed by atoms with E-state index in [2.05, 4.69) is 16.5 Å². The molecule has 3 rings (SSSR count). The highest BCUT2D eigenvalue weighted by molar-refractivity contribution is 5.77. The highest BCUT2D eigenvalue weighted by atomic mass is 16.2. The molecule has 0 saturated carbocycles. The molecule has 3 heterocycles. The van der Waals surface area contributed by atoms with Gasteiger partial charge in [-0.25, -0.2) is 0 Å². The molecule has 1 aliphatic heterocycles. The molecule has 24 heavy (non-hydrogen) atoms. The summed E-state index contributed by atoms with van der Waals surface area (Å²) in [5.41, 5.74) is 2.73. The SMILES string of the molecule is CN1C(=O)CC[C@@H](NCc2cc(C#N)n(C)c2)[C@@H]1c1ccnn1C. The van der Waals surface area contributed by atoms with E-state index in [0.717, 1.165) is 17.7 Å². The molecule has 126 valence electrons. The van der Waals surface area contributed by atoms with Crippen LogP contribution >= 0.6 is 0 Å². The second-order valence-corrected chi connectivity index (χ2v) is 6.31. The van der Waals surface area contributed by atoms with Crippen LogP contribution in [0.15, 0.2) is 24.5 Å². The van der Waals surface area contributed by atoms with Gasteiger partial charge in [0.1, 0.15) is 11.8 Å². The van der Waals surface area contributed by atoms with Gasteiger partial charge in [0.05, 0.1) is 11.7 Å². The number of carbonyl (C=O) groups excluding carboxylic acids is 1. The maximum atomic E-state index is 12.1. The average Bonchev–Trinajstić information content (AvgIpc) is 3.14. The Morgan fingerprint density at radius 1 is 1.42 bits per heavy atom. The van der Waals surface area contributed by atoms with E-state index < -0.39 is 0 Å². The Kier molecular flexibility index (Phi) is 4.40. The fraction of sp³-hybridized carbons (Fsp3) is 0.471. The van der Waals surface area contributed by atoms with Crippen molar-refractivity contribution >= 4 is 5.91 Å². The van der Waals surface area contributed by atoms with E-state index in [-0.39, 0.29) is 18.0 Å².